The van der Waals surface area contributed by atoms with Gasteiger partial charge in [0.2, 0.25) is 5.88 Å². The number of aromatic amines is 1. The summed E-state index contributed by atoms with van der Waals surface area (Å²) >= 11 is 0. The summed E-state index contributed by atoms with van der Waals surface area (Å²) in [5.74, 6) is -1.95. The zero-order chi connectivity index (χ0) is 12.6. The SMILES string of the molecule is Cc1c2cc(=O)[nH]c1OC(=O)CC(O)C(=O)O2. The number of aromatic nitrogens is 1. The Morgan fingerprint density at radius 2 is 2.06 bits per heavy atom. The van der Waals surface area contributed by atoms with Crippen LogP contribution in [0.2, 0.25) is 0 Å². The molecule has 1 aliphatic rings. The third kappa shape index (κ3) is 2.18. The first-order valence-electron chi connectivity index (χ1n) is 4.81. The second-order valence-corrected chi connectivity index (χ2v) is 3.57. The normalized spacial score (nSPS) is 19.8. The highest BCUT2D eigenvalue weighted by atomic mass is 16.6. The first kappa shape index (κ1) is 11.3. The van der Waals surface area contributed by atoms with E-state index >= 15 is 0 Å². The predicted molar refractivity (Wildman–Crippen MR) is 53.7 cm³/mol. The molecule has 0 saturated heterocycles. The van der Waals surface area contributed by atoms with Crippen LogP contribution in [0.15, 0.2) is 10.9 Å². The zero-order valence-corrected chi connectivity index (χ0v) is 8.85. The molecule has 0 spiro atoms. The van der Waals surface area contributed by atoms with E-state index in [1.54, 1.807) is 0 Å². The molecule has 90 valence electrons. The van der Waals surface area contributed by atoms with Gasteiger partial charge in [0, 0.05) is 6.07 Å². The van der Waals surface area contributed by atoms with Crippen molar-refractivity contribution in [1.82, 2.24) is 4.98 Å². The predicted octanol–water partition coefficient (Wildman–Crippen LogP) is -0.741. The minimum atomic E-state index is -1.61. The molecule has 0 fully saturated rings. The van der Waals surface area contributed by atoms with Crippen LogP contribution >= 0.6 is 0 Å². The summed E-state index contributed by atoms with van der Waals surface area (Å²) < 4.78 is 9.63. The van der Waals surface area contributed by atoms with E-state index in [9.17, 15) is 19.5 Å². The minimum Gasteiger partial charge on any atom is -0.424 e. The number of pyridine rings is 1. The Hall–Kier alpha value is -2.15. The lowest BCUT2D eigenvalue weighted by molar-refractivity contribution is -0.149. The van der Waals surface area contributed by atoms with Crippen LogP contribution in [0.1, 0.15) is 12.0 Å². The third-order valence-corrected chi connectivity index (χ3v) is 2.27. The van der Waals surface area contributed by atoms with Crippen molar-refractivity contribution < 1.29 is 24.2 Å². The van der Waals surface area contributed by atoms with Crippen molar-refractivity contribution in [3.8, 4) is 11.6 Å². The van der Waals surface area contributed by atoms with Crippen molar-refractivity contribution >= 4 is 11.9 Å². The summed E-state index contributed by atoms with van der Waals surface area (Å²) in [5, 5.41) is 9.32. The van der Waals surface area contributed by atoms with Gasteiger partial charge in [0.25, 0.3) is 5.56 Å². The molecule has 1 atom stereocenters. The Morgan fingerprint density at radius 3 is 2.76 bits per heavy atom. The second kappa shape index (κ2) is 4.02. The smallest absolute Gasteiger partial charge is 0.340 e. The number of carbonyl (C=O) groups excluding carboxylic acids is 2. The quantitative estimate of drug-likeness (QED) is 0.577. The van der Waals surface area contributed by atoms with Gasteiger partial charge in [-0.1, -0.05) is 0 Å². The maximum atomic E-state index is 11.3. The number of hydrogen-bond acceptors (Lipinski definition) is 6. The van der Waals surface area contributed by atoms with Gasteiger partial charge in [0.15, 0.2) is 6.10 Å². The van der Waals surface area contributed by atoms with Crippen LogP contribution in [0.3, 0.4) is 0 Å². The van der Waals surface area contributed by atoms with E-state index in [1.165, 1.54) is 6.92 Å². The minimum absolute atomic E-state index is 0.0394. The van der Waals surface area contributed by atoms with Crippen molar-refractivity contribution in [3.05, 3.63) is 22.0 Å². The van der Waals surface area contributed by atoms with E-state index in [0.717, 1.165) is 6.07 Å². The van der Waals surface area contributed by atoms with Crippen molar-refractivity contribution in [1.29, 1.82) is 0 Å². The van der Waals surface area contributed by atoms with E-state index in [4.69, 9.17) is 9.47 Å². The number of hydrogen-bond donors (Lipinski definition) is 2. The van der Waals surface area contributed by atoms with Crippen molar-refractivity contribution in [2.24, 2.45) is 0 Å². The molecule has 7 nitrogen and oxygen atoms in total. The van der Waals surface area contributed by atoms with E-state index in [-0.39, 0.29) is 11.6 Å². The molecule has 1 aromatic rings. The lowest BCUT2D eigenvalue weighted by atomic mass is 10.2. The highest BCUT2D eigenvalue weighted by Crippen LogP contribution is 2.25. The van der Waals surface area contributed by atoms with Gasteiger partial charge in [0.05, 0.1) is 12.0 Å². The van der Waals surface area contributed by atoms with E-state index in [0.29, 0.717) is 5.56 Å². The van der Waals surface area contributed by atoms with Crippen molar-refractivity contribution in [3.63, 3.8) is 0 Å². The Morgan fingerprint density at radius 1 is 1.35 bits per heavy atom. The van der Waals surface area contributed by atoms with Gasteiger partial charge in [-0.25, -0.2) is 4.79 Å². The fraction of sp³-hybridized carbons (Fsp3) is 0.300. The molecule has 0 aromatic carbocycles. The fourth-order valence-corrected chi connectivity index (χ4v) is 1.36. The van der Waals surface area contributed by atoms with Crippen molar-refractivity contribution in [2.45, 2.75) is 19.4 Å². The number of ether oxygens (including phenoxy) is 2. The summed E-state index contributed by atoms with van der Waals surface area (Å²) in [7, 11) is 0. The first-order chi connectivity index (χ1) is 7.97. The van der Waals surface area contributed by atoms with Gasteiger partial charge >= 0.3 is 11.9 Å². The number of aliphatic hydroxyl groups excluding tert-OH is 1. The zero-order valence-electron chi connectivity index (χ0n) is 8.85. The molecule has 7 heteroatoms. The molecule has 1 aliphatic heterocycles. The number of aliphatic hydroxyl groups is 1. The first-order valence-corrected chi connectivity index (χ1v) is 4.81. The summed E-state index contributed by atoms with van der Waals surface area (Å²) in [5.41, 5.74) is -0.266. The molecule has 2 N–H and O–H groups in total. The molecular weight excluding hydrogens is 230 g/mol. The summed E-state index contributed by atoms with van der Waals surface area (Å²) in [6, 6.07) is 1.04. The van der Waals surface area contributed by atoms with Crippen LogP contribution in [-0.4, -0.2) is 28.1 Å². The third-order valence-electron chi connectivity index (χ3n) is 2.27. The number of rotatable bonds is 0. The molecule has 0 aliphatic carbocycles. The molecule has 2 bridgehead atoms. The largest absolute Gasteiger partial charge is 0.424 e. The van der Waals surface area contributed by atoms with Crippen molar-refractivity contribution in [2.75, 3.05) is 0 Å². The number of H-pyrrole nitrogens is 1. The lowest BCUT2D eigenvalue weighted by Crippen LogP contribution is -2.28. The monoisotopic (exact) mass is 239 g/mol. The molecule has 2 heterocycles. The summed E-state index contributed by atoms with van der Waals surface area (Å²) in [6.07, 6.45) is -2.13. The van der Waals surface area contributed by atoms with Gasteiger partial charge in [-0.15, -0.1) is 0 Å². The van der Waals surface area contributed by atoms with Crippen LogP contribution in [0.4, 0.5) is 0 Å². The van der Waals surface area contributed by atoms with Gasteiger partial charge in [0.1, 0.15) is 5.75 Å². The van der Waals surface area contributed by atoms with Gasteiger partial charge in [-0.05, 0) is 6.92 Å². The molecule has 2 rings (SSSR count). The molecule has 1 unspecified atom stereocenters. The van der Waals surface area contributed by atoms with E-state index in [1.807, 2.05) is 0 Å². The van der Waals surface area contributed by atoms with E-state index < -0.39 is 30.0 Å². The van der Waals surface area contributed by atoms with Crippen LogP contribution in [0.25, 0.3) is 0 Å². The lowest BCUT2D eigenvalue weighted by Gasteiger charge is -2.08. The maximum Gasteiger partial charge on any atom is 0.340 e. The Kier molecular flexibility index (Phi) is 2.68. The Labute approximate surface area is 95.0 Å². The van der Waals surface area contributed by atoms with Crippen LogP contribution in [0, 0.1) is 6.92 Å². The highest BCUT2D eigenvalue weighted by molar-refractivity contribution is 5.84. The second-order valence-electron chi connectivity index (χ2n) is 3.57. The van der Waals surface area contributed by atoms with Crippen LogP contribution < -0.4 is 15.0 Å². The molecule has 0 saturated carbocycles. The number of fused-ring (bicyclic) bond motifs is 2. The number of nitrogens with one attached hydrogen (secondary N) is 1. The standard InChI is InChI=1S/C10H9NO6/c1-4-6-3-7(13)11-9(4)17-8(14)2-5(12)10(15)16-6/h3,5,12H,2H2,1H3,(H,11,13). The molecular formula is C10H9NO6. The van der Waals surface area contributed by atoms with Gasteiger partial charge in [-0.3, -0.25) is 14.6 Å². The Balaban J connectivity index is 2.56. The van der Waals surface area contributed by atoms with Crippen LogP contribution in [0.5, 0.6) is 11.6 Å². The van der Waals surface area contributed by atoms with E-state index in [2.05, 4.69) is 4.98 Å². The van der Waals surface area contributed by atoms with Gasteiger partial charge < -0.3 is 14.6 Å². The molecule has 17 heavy (non-hydrogen) atoms. The average Bonchev–Trinajstić information content (AvgIpc) is 2.26. The number of esters is 2. The van der Waals surface area contributed by atoms with Gasteiger partial charge in [-0.2, -0.15) is 0 Å². The van der Waals surface area contributed by atoms with Crippen LogP contribution in [-0.2, 0) is 9.59 Å². The maximum absolute atomic E-state index is 11.3. The molecule has 0 amide bonds. The summed E-state index contributed by atoms with van der Waals surface area (Å²) in [4.78, 5) is 36.2. The molecule has 0 radical (unpaired) electrons. The fourth-order valence-electron chi connectivity index (χ4n) is 1.36. The molecule has 1 aromatic heterocycles. The highest BCUT2D eigenvalue weighted by Gasteiger charge is 2.26. The number of carbonyl (C=O) groups is 2. The average molecular weight is 239 g/mol. The Bertz CT molecular complexity index is 546. The topological polar surface area (TPSA) is 106 Å². The summed E-state index contributed by atoms with van der Waals surface area (Å²) in [6.45, 7) is 1.51.